The molecule has 6 heteroatoms. The van der Waals surface area contributed by atoms with Crippen LogP contribution in [0.2, 0.25) is 0 Å². The molecular formula is C14H15N3O2S. The monoisotopic (exact) mass is 289 g/mol. The normalized spacial score (nSPS) is 17.6. The third kappa shape index (κ3) is 2.56. The zero-order valence-corrected chi connectivity index (χ0v) is 12.0. The van der Waals surface area contributed by atoms with Crippen molar-refractivity contribution in [2.45, 2.75) is 26.2 Å². The van der Waals surface area contributed by atoms with Crippen molar-refractivity contribution in [3.63, 3.8) is 0 Å². The molecule has 104 valence electrons. The summed E-state index contributed by atoms with van der Waals surface area (Å²) in [6.07, 6.45) is 7.40. The van der Waals surface area contributed by atoms with Gasteiger partial charge < -0.3 is 4.74 Å². The molecule has 1 atom stereocenters. The molecule has 0 N–H and O–H groups in total. The first-order valence-corrected chi connectivity index (χ1v) is 7.51. The Labute approximate surface area is 121 Å². The minimum Gasteiger partial charge on any atom is -0.466 e. The number of nitrogens with zero attached hydrogens (tertiary/aromatic N) is 3. The molecule has 0 bridgehead atoms. The van der Waals surface area contributed by atoms with Gasteiger partial charge in [-0.25, -0.2) is 4.98 Å². The minimum absolute atomic E-state index is 0.0300. The van der Waals surface area contributed by atoms with Crippen LogP contribution in [0.3, 0.4) is 0 Å². The van der Waals surface area contributed by atoms with Crippen LogP contribution in [-0.4, -0.2) is 27.5 Å². The van der Waals surface area contributed by atoms with E-state index in [0.717, 1.165) is 35.7 Å². The Morgan fingerprint density at radius 3 is 3.15 bits per heavy atom. The molecule has 2 heterocycles. The number of carbonyl (C=O) groups is 1. The maximum Gasteiger partial charge on any atom is 0.309 e. The van der Waals surface area contributed by atoms with Crippen LogP contribution in [0, 0.1) is 5.92 Å². The Kier molecular flexibility index (Phi) is 3.73. The highest BCUT2D eigenvalue weighted by atomic mass is 32.1. The van der Waals surface area contributed by atoms with E-state index in [1.807, 2.05) is 6.92 Å². The van der Waals surface area contributed by atoms with Crippen LogP contribution in [-0.2, 0) is 22.4 Å². The van der Waals surface area contributed by atoms with E-state index in [0.29, 0.717) is 6.61 Å². The van der Waals surface area contributed by atoms with Crippen molar-refractivity contribution in [2.75, 3.05) is 6.61 Å². The molecule has 2 aromatic rings. The number of carbonyl (C=O) groups excluding carboxylic acids is 1. The van der Waals surface area contributed by atoms with E-state index in [-0.39, 0.29) is 11.9 Å². The highest BCUT2D eigenvalue weighted by Crippen LogP contribution is 2.34. The van der Waals surface area contributed by atoms with Gasteiger partial charge in [-0.15, -0.1) is 11.3 Å². The smallest absolute Gasteiger partial charge is 0.309 e. The number of aryl methyl sites for hydroxylation is 1. The molecule has 0 radical (unpaired) electrons. The van der Waals surface area contributed by atoms with Gasteiger partial charge in [0.25, 0.3) is 0 Å². The number of rotatable bonds is 3. The highest BCUT2D eigenvalue weighted by molar-refractivity contribution is 7.15. The van der Waals surface area contributed by atoms with Crippen molar-refractivity contribution in [3.05, 3.63) is 29.2 Å². The molecule has 0 aliphatic heterocycles. The summed E-state index contributed by atoms with van der Waals surface area (Å²) in [5, 5.41) is 0.882. The van der Waals surface area contributed by atoms with Gasteiger partial charge in [0.05, 0.1) is 24.4 Å². The molecule has 3 rings (SSSR count). The zero-order valence-electron chi connectivity index (χ0n) is 11.2. The summed E-state index contributed by atoms with van der Waals surface area (Å²) in [7, 11) is 0. The predicted octanol–water partition coefficient (Wildman–Crippen LogP) is 2.27. The van der Waals surface area contributed by atoms with Crippen LogP contribution >= 0.6 is 11.3 Å². The van der Waals surface area contributed by atoms with Gasteiger partial charge in [-0.05, 0) is 26.2 Å². The van der Waals surface area contributed by atoms with Gasteiger partial charge in [-0.1, -0.05) is 0 Å². The van der Waals surface area contributed by atoms with E-state index in [4.69, 9.17) is 4.74 Å². The van der Waals surface area contributed by atoms with E-state index >= 15 is 0 Å². The molecule has 0 aromatic carbocycles. The van der Waals surface area contributed by atoms with Crippen molar-refractivity contribution in [1.29, 1.82) is 0 Å². The van der Waals surface area contributed by atoms with E-state index in [1.165, 1.54) is 4.88 Å². The highest BCUT2D eigenvalue weighted by Gasteiger charge is 2.28. The van der Waals surface area contributed by atoms with Crippen LogP contribution in [0.1, 0.15) is 23.9 Å². The number of aromatic nitrogens is 3. The van der Waals surface area contributed by atoms with Crippen LogP contribution in [0.25, 0.3) is 10.7 Å². The molecular weight excluding hydrogens is 274 g/mol. The second-order valence-electron chi connectivity index (χ2n) is 4.67. The molecule has 0 spiro atoms. The van der Waals surface area contributed by atoms with E-state index in [2.05, 4.69) is 15.0 Å². The Morgan fingerprint density at radius 1 is 1.50 bits per heavy atom. The van der Waals surface area contributed by atoms with Gasteiger partial charge in [0.2, 0.25) is 0 Å². The van der Waals surface area contributed by atoms with Crippen molar-refractivity contribution < 1.29 is 9.53 Å². The maximum absolute atomic E-state index is 11.8. The first-order valence-electron chi connectivity index (χ1n) is 6.69. The maximum atomic E-state index is 11.8. The summed E-state index contributed by atoms with van der Waals surface area (Å²) < 4.78 is 5.11. The summed E-state index contributed by atoms with van der Waals surface area (Å²) >= 11 is 1.61. The van der Waals surface area contributed by atoms with E-state index < -0.39 is 0 Å². The number of fused-ring (bicyclic) bond motifs is 1. The van der Waals surface area contributed by atoms with Crippen molar-refractivity contribution >= 4 is 17.3 Å². The minimum atomic E-state index is -0.0902. The standard InChI is InChI=1S/C14H15N3O2S/c1-2-19-14(18)9-3-4-10-12(7-9)20-13(17-10)11-8-15-5-6-16-11/h5-6,8-9H,2-4,7H2,1H3. The Balaban J connectivity index is 1.81. The van der Waals surface area contributed by atoms with Gasteiger partial charge >= 0.3 is 5.97 Å². The fourth-order valence-electron chi connectivity index (χ4n) is 2.36. The van der Waals surface area contributed by atoms with Crippen LogP contribution in [0.5, 0.6) is 0 Å². The van der Waals surface area contributed by atoms with Gasteiger partial charge in [0, 0.05) is 17.3 Å². The SMILES string of the molecule is CCOC(=O)C1CCc2nc(-c3cnccn3)sc2C1. The first kappa shape index (κ1) is 13.2. The Morgan fingerprint density at radius 2 is 2.40 bits per heavy atom. The van der Waals surface area contributed by atoms with Gasteiger partial charge in [-0.2, -0.15) is 0 Å². The molecule has 0 saturated carbocycles. The van der Waals surface area contributed by atoms with Crippen molar-refractivity contribution in [2.24, 2.45) is 5.92 Å². The van der Waals surface area contributed by atoms with E-state index in [9.17, 15) is 4.79 Å². The summed E-state index contributed by atoms with van der Waals surface area (Å²) in [4.78, 5) is 26.0. The fraction of sp³-hybridized carbons (Fsp3) is 0.429. The average Bonchev–Trinajstić information content (AvgIpc) is 2.91. The van der Waals surface area contributed by atoms with Crippen LogP contribution < -0.4 is 0 Å². The lowest BCUT2D eigenvalue weighted by atomic mass is 9.91. The zero-order chi connectivity index (χ0) is 13.9. The van der Waals surface area contributed by atoms with Gasteiger partial charge in [0.1, 0.15) is 10.7 Å². The summed E-state index contributed by atoms with van der Waals surface area (Å²) in [5.74, 6) is -0.120. The lowest BCUT2D eigenvalue weighted by Crippen LogP contribution is -2.24. The second kappa shape index (κ2) is 5.66. The molecule has 0 amide bonds. The topological polar surface area (TPSA) is 65.0 Å². The molecule has 1 aliphatic rings. The largest absolute Gasteiger partial charge is 0.466 e. The first-order chi connectivity index (χ1) is 9.78. The lowest BCUT2D eigenvalue weighted by molar-refractivity contribution is -0.148. The van der Waals surface area contributed by atoms with Crippen LogP contribution in [0.15, 0.2) is 18.6 Å². The summed E-state index contributed by atoms with van der Waals surface area (Å²) in [5.41, 5.74) is 1.88. The number of thiazole rings is 1. The molecule has 2 aromatic heterocycles. The van der Waals surface area contributed by atoms with Crippen molar-refractivity contribution in [1.82, 2.24) is 15.0 Å². The lowest BCUT2D eigenvalue weighted by Gasteiger charge is -2.19. The summed E-state index contributed by atoms with van der Waals surface area (Å²) in [6, 6.07) is 0. The van der Waals surface area contributed by atoms with Crippen molar-refractivity contribution in [3.8, 4) is 10.7 Å². The quantitative estimate of drug-likeness (QED) is 0.811. The second-order valence-corrected chi connectivity index (χ2v) is 5.75. The van der Waals surface area contributed by atoms with E-state index in [1.54, 1.807) is 29.9 Å². The Bertz CT molecular complexity index is 612. The Hall–Kier alpha value is -1.82. The number of ether oxygens (including phenoxy) is 1. The molecule has 20 heavy (non-hydrogen) atoms. The van der Waals surface area contributed by atoms with Gasteiger partial charge in [0.15, 0.2) is 0 Å². The molecule has 1 aliphatic carbocycles. The number of hydrogen-bond acceptors (Lipinski definition) is 6. The third-order valence-electron chi connectivity index (χ3n) is 3.34. The predicted molar refractivity (Wildman–Crippen MR) is 75.3 cm³/mol. The summed E-state index contributed by atoms with van der Waals surface area (Å²) in [6.45, 7) is 2.28. The van der Waals surface area contributed by atoms with Gasteiger partial charge in [-0.3, -0.25) is 14.8 Å². The number of esters is 1. The third-order valence-corrected chi connectivity index (χ3v) is 4.48. The molecule has 5 nitrogen and oxygen atoms in total. The number of hydrogen-bond donors (Lipinski definition) is 0. The molecule has 0 saturated heterocycles. The fourth-order valence-corrected chi connectivity index (χ4v) is 3.50. The molecule has 1 unspecified atom stereocenters. The van der Waals surface area contributed by atoms with Crippen LogP contribution in [0.4, 0.5) is 0 Å². The average molecular weight is 289 g/mol. The molecule has 0 fully saturated rings.